The molecule has 1 fully saturated rings. The molecule has 0 aromatic carbocycles. The number of thioether (sulfide) groups is 1. The maximum atomic E-state index is 11.4. The lowest BCUT2D eigenvalue weighted by molar-refractivity contribution is -0.195. The van der Waals surface area contributed by atoms with Gasteiger partial charge >= 0.3 is 5.97 Å². The summed E-state index contributed by atoms with van der Waals surface area (Å²) in [4.78, 5) is 42.3. The third-order valence-electron chi connectivity index (χ3n) is 2.20. The van der Waals surface area contributed by atoms with Crippen LogP contribution in [-0.2, 0) is 19.2 Å². The van der Waals surface area contributed by atoms with Crippen LogP contribution < -0.4 is 0 Å². The summed E-state index contributed by atoms with van der Waals surface area (Å²) in [5, 5.41) is 7.25. The van der Waals surface area contributed by atoms with Crippen molar-refractivity contribution < 1.29 is 19.2 Å². The molecule has 1 N–H and O–H groups in total. The quantitative estimate of drug-likeness (QED) is 0.408. The highest BCUT2D eigenvalue weighted by Gasteiger charge is 2.32. The Hall–Kier alpha value is -1.96. The highest BCUT2D eigenvalue weighted by atomic mass is 32.2. The first-order valence-electron chi connectivity index (χ1n) is 5.96. The Bertz CT molecular complexity index is 432. The lowest BCUT2D eigenvalue weighted by Gasteiger charge is -2.11. The van der Waals surface area contributed by atoms with Crippen molar-refractivity contribution in [1.29, 1.82) is 5.41 Å². The minimum atomic E-state index is -0.607. The number of amides is 2. The van der Waals surface area contributed by atoms with Crippen LogP contribution >= 0.6 is 11.8 Å². The zero-order valence-electron chi connectivity index (χ0n) is 10.8. The number of hydrogen-bond acceptors (Lipinski definition) is 7. The Morgan fingerprint density at radius 2 is 2.10 bits per heavy atom. The zero-order chi connectivity index (χ0) is 14.8. The fourth-order valence-electron chi connectivity index (χ4n) is 1.32. The maximum absolute atomic E-state index is 11.4. The van der Waals surface area contributed by atoms with Crippen LogP contribution in [0.4, 0.5) is 0 Å². The summed E-state index contributed by atoms with van der Waals surface area (Å²) in [6.07, 6.45) is 6.73. The predicted octanol–water partition coefficient (Wildman–Crippen LogP) is 0.951. The van der Waals surface area contributed by atoms with Crippen LogP contribution in [0.25, 0.3) is 0 Å². The van der Waals surface area contributed by atoms with Crippen LogP contribution in [0.3, 0.4) is 0 Å². The standard InChI is InChI=1S/C12H15N3O4S/c13-5-7-14-6-1-2-8-20-9-12(18)19-15-10(16)3-4-11(15)17/h1,5-7,13H,2-4,8-9H2/b6-1+,13-5?,14-7?. The molecule has 1 rings (SSSR count). The van der Waals surface area contributed by atoms with E-state index in [1.54, 1.807) is 6.20 Å². The van der Waals surface area contributed by atoms with Crippen molar-refractivity contribution in [3.63, 3.8) is 0 Å². The first-order chi connectivity index (χ1) is 9.65. The molecular formula is C12H15N3O4S. The van der Waals surface area contributed by atoms with E-state index in [1.807, 2.05) is 6.08 Å². The molecule has 0 atom stereocenters. The van der Waals surface area contributed by atoms with Crippen LogP contribution in [0.1, 0.15) is 19.3 Å². The summed E-state index contributed by atoms with van der Waals surface area (Å²) < 4.78 is 0. The lowest BCUT2D eigenvalue weighted by Crippen LogP contribution is -2.32. The highest BCUT2D eigenvalue weighted by Crippen LogP contribution is 2.13. The van der Waals surface area contributed by atoms with Gasteiger partial charge < -0.3 is 10.2 Å². The van der Waals surface area contributed by atoms with E-state index in [2.05, 4.69) is 4.99 Å². The van der Waals surface area contributed by atoms with Gasteiger partial charge in [-0.25, -0.2) is 4.79 Å². The maximum Gasteiger partial charge on any atom is 0.342 e. The second-order valence-electron chi connectivity index (χ2n) is 3.74. The van der Waals surface area contributed by atoms with E-state index in [0.29, 0.717) is 10.8 Å². The van der Waals surface area contributed by atoms with Gasteiger partial charge in [-0.3, -0.25) is 14.6 Å². The number of nitrogens with zero attached hydrogens (tertiary/aromatic N) is 2. The molecular weight excluding hydrogens is 282 g/mol. The number of hydrogen-bond donors (Lipinski definition) is 1. The van der Waals surface area contributed by atoms with Crippen molar-refractivity contribution in [3.05, 3.63) is 12.3 Å². The van der Waals surface area contributed by atoms with Crippen molar-refractivity contribution >= 4 is 42.0 Å². The van der Waals surface area contributed by atoms with E-state index in [-0.39, 0.29) is 18.6 Å². The predicted molar refractivity (Wildman–Crippen MR) is 75.5 cm³/mol. The summed E-state index contributed by atoms with van der Waals surface area (Å²) in [6, 6.07) is 0. The Morgan fingerprint density at radius 1 is 1.40 bits per heavy atom. The molecule has 108 valence electrons. The Labute approximate surface area is 120 Å². The number of nitrogens with one attached hydrogen (secondary N) is 1. The minimum Gasteiger partial charge on any atom is -0.329 e. The fraction of sp³-hybridized carbons (Fsp3) is 0.417. The molecule has 0 aliphatic carbocycles. The number of carbonyl (C=O) groups is 3. The second kappa shape index (κ2) is 9.03. The molecule has 0 saturated carbocycles. The van der Waals surface area contributed by atoms with E-state index < -0.39 is 17.8 Å². The van der Waals surface area contributed by atoms with E-state index >= 15 is 0 Å². The average Bonchev–Trinajstić information content (AvgIpc) is 2.73. The van der Waals surface area contributed by atoms with Crippen molar-refractivity contribution in [2.75, 3.05) is 11.5 Å². The van der Waals surface area contributed by atoms with Crippen LogP contribution in [-0.4, -0.2) is 46.8 Å². The molecule has 0 spiro atoms. The molecule has 1 heterocycles. The third kappa shape index (κ3) is 5.79. The molecule has 2 amide bonds. The van der Waals surface area contributed by atoms with E-state index in [4.69, 9.17) is 10.2 Å². The van der Waals surface area contributed by atoms with Gasteiger partial charge in [0.1, 0.15) is 0 Å². The number of allylic oxidation sites excluding steroid dienone is 1. The van der Waals surface area contributed by atoms with Crippen LogP contribution in [0.2, 0.25) is 0 Å². The third-order valence-corrected chi connectivity index (χ3v) is 3.16. The number of imide groups is 1. The Morgan fingerprint density at radius 3 is 2.75 bits per heavy atom. The molecule has 20 heavy (non-hydrogen) atoms. The number of carbonyl (C=O) groups excluding carboxylic acids is 3. The van der Waals surface area contributed by atoms with Gasteiger partial charge in [-0.15, -0.1) is 16.8 Å². The van der Waals surface area contributed by atoms with Gasteiger partial charge in [0.05, 0.1) is 5.75 Å². The summed E-state index contributed by atoms with van der Waals surface area (Å²) in [5.74, 6) is -0.785. The summed E-state index contributed by atoms with van der Waals surface area (Å²) in [6.45, 7) is 0. The van der Waals surface area contributed by atoms with Gasteiger partial charge in [0.25, 0.3) is 11.8 Å². The topological polar surface area (TPSA) is 99.9 Å². The molecule has 1 aliphatic heterocycles. The van der Waals surface area contributed by atoms with Gasteiger partial charge in [-0.05, 0) is 12.2 Å². The molecule has 0 bridgehead atoms. The molecule has 7 nitrogen and oxygen atoms in total. The number of hydroxylamine groups is 2. The smallest absolute Gasteiger partial charge is 0.329 e. The van der Waals surface area contributed by atoms with Crippen molar-refractivity contribution in [2.24, 2.45) is 4.99 Å². The van der Waals surface area contributed by atoms with Crippen LogP contribution in [0, 0.1) is 5.41 Å². The van der Waals surface area contributed by atoms with Gasteiger partial charge in [0.2, 0.25) is 0 Å². The summed E-state index contributed by atoms with van der Waals surface area (Å²) in [7, 11) is 0. The van der Waals surface area contributed by atoms with Gasteiger partial charge in [-0.1, -0.05) is 6.08 Å². The summed E-state index contributed by atoms with van der Waals surface area (Å²) >= 11 is 1.34. The van der Waals surface area contributed by atoms with Crippen molar-refractivity contribution in [1.82, 2.24) is 5.06 Å². The zero-order valence-corrected chi connectivity index (χ0v) is 11.6. The highest BCUT2D eigenvalue weighted by molar-refractivity contribution is 7.99. The molecule has 0 unspecified atom stereocenters. The number of aliphatic imine (C=N–C) groups is 1. The van der Waals surface area contributed by atoms with Gasteiger partial charge in [0, 0.05) is 31.5 Å². The lowest BCUT2D eigenvalue weighted by atomic mass is 10.4. The molecule has 0 aromatic heterocycles. The molecule has 0 aromatic rings. The van der Waals surface area contributed by atoms with E-state index in [9.17, 15) is 14.4 Å². The Balaban J connectivity index is 2.13. The molecule has 1 aliphatic rings. The van der Waals surface area contributed by atoms with E-state index in [0.717, 1.165) is 12.6 Å². The van der Waals surface area contributed by atoms with Crippen molar-refractivity contribution in [2.45, 2.75) is 19.3 Å². The van der Waals surface area contributed by atoms with Gasteiger partial charge in [0.15, 0.2) is 0 Å². The first-order valence-corrected chi connectivity index (χ1v) is 7.12. The fourth-order valence-corrected chi connectivity index (χ4v) is 1.99. The molecule has 1 saturated heterocycles. The summed E-state index contributed by atoms with van der Waals surface area (Å²) in [5.41, 5.74) is 0. The normalized spacial score (nSPS) is 15.5. The van der Waals surface area contributed by atoms with Crippen LogP contribution in [0.15, 0.2) is 17.3 Å². The second-order valence-corrected chi connectivity index (χ2v) is 4.84. The Kier molecular flexibility index (Phi) is 7.26. The largest absolute Gasteiger partial charge is 0.342 e. The monoisotopic (exact) mass is 297 g/mol. The van der Waals surface area contributed by atoms with Crippen LogP contribution in [0.5, 0.6) is 0 Å². The average molecular weight is 297 g/mol. The van der Waals surface area contributed by atoms with Crippen molar-refractivity contribution in [3.8, 4) is 0 Å². The van der Waals surface area contributed by atoms with Gasteiger partial charge in [-0.2, -0.15) is 0 Å². The molecule has 8 heteroatoms. The molecule has 0 radical (unpaired) electrons. The SMILES string of the molecule is N=CC=N/C=C/CCSCC(=O)ON1C(=O)CCC1=O. The number of rotatable bonds is 8. The minimum absolute atomic E-state index is 0.0780. The first kappa shape index (κ1) is 16.1. The van der Waals surface area contributed by atoms with E-state index in [1.165, 1.54) is 18.0 Å².